The van der Waals surface area contributed by atoms with Gasteiger partial charge >= 0.3 is 0 Å². The van der Waals surface area contributed by atoms with Crippen LogP contribution in [0.5, 0.6) is 0 Å². The van der Waals surface area contributed by atoms with Crippen LogP contribution in [-0.2, 0) is 6.54 Å². The number of halogens is 1. The lowest BCUT2D eigenvalue weighted by Gasteiger charge is -2.04. The van der Waals surface area contributed by atoms with Crippen LogP contribution in [0.2, 0.25) is 5.02 Å². The molecule has 0 fully saturated rings. The van der Waals surface area contributed by atoms with Crippen LogP contribution in [0.4, 0.5) is 0 Å². The molecule has 0 aliphatic heterocycles. The van der Waals surface area contributed by atoms with E-state index in [2.05, 4.69) is 15.3 Å². The molecule has 1 aromatic carbocycles. The van der Waals surface area contributed by atoms with Crippen LogP contribution in [0.25, 0.3) is 0 Å². The number of amides is 1. The third kappa shape index (κ3) is 3.28. The number of aromatic nitrogens is 2. The normalized spacial score (nSPS) is 10.1. The van der Waals surface area contributed by atoms with Crippen LogP contribution < -0.4 is 5.32 Å². The van der Waals surface area contributed by atoms with Gasteiger partial charge in [-0.3, -0.25) is 9.78 Å². The number of hydrogen-bond donors (Lipinski definition) is 1. The number of carbonyl (C=O) groups excluding carboxylic acids is 1. The second-order valence-electron chi connectivity index (χ2n) is 3.85. The van der Waals surface area contributed by atoms with E-state index < -0.39 is 0 Å². The fraction of sp³-hybridized carbons (Fsp3) is 0.154. The second-order valence-corrected chi connectivity index (χ2v) is 4.29. The minimum atomic E-state index is -0.238. The molecule has 1 heterocycles. The maximum Gasteiger partial charge on any atom is 0.271 e. The molecular formula is C13H12ClN3O. The Morgan fingerprint density at radius 1 is 1.22 bits per heavy atom. The zero-order valence-electron chi connectivity index (χ0n) is 9.85. The number of carbonyl (C=O) groups is 1. The highest BCUT2D eigenvalue weighted by Crippen LogP contribution is 2.09. The maximum absolute atomic E-state index is 11.8. The van der Waals surface area contributed by atoms with E-state index in [0.717, 1.165) is 11.3 Å². The molecule has 4 nitrogen and oxygen atoms in total. The Bertz CT molecular complexity index is 537. The monoisotopic (exact) mass is 261 g/mol. The van der Waals surface area contributed by atoms with E-state index in [1.807, 2.05) is 19.1 Å². The van der Waals surface area contributed by atoms with Crippen LogP contribution in [0.15, 0.2) is 36.7 Å². The molecule has 0 atom stereocenters. The van der Waals surface area contributed by atoms with Gasteiger partial charge in [0.15, 0.2) is 0 Å². The Morgan fingerprint density at radius 2 is 1.94 bits per heavy atom. The predicted molar refractivity (Wildman–Crippen MR) is 69.4 cm³/mol. The topological polar surface area (TPSA) is 54.9 Å². The number of hydrogen-bond acceptors (Lipinski definition) is 3. The van der Waals surface area contributed by atoms with Crippen molar-refractivity contribution >= 4 is 17.5 Å². The molecule has 1 aromatic heterocycles. The van der Waals surface area contributed by atoms with Gasteiger partial charge in [0.1, 0.15) is 5.69 Å². The van der Waals surface area contributed by atoms with Crippen molar-refractivity contribution in [2.45, 2.75) is 13.5 Å². The summed E-state index contributed by atoms with van der Waals surface area (Å²) < 4.78 is 0. The summed E-state index contributed by atoms with van der Waals surface area (Å²) in [6, 6.07) is 7.30. The molecule has 1 N–H and O–H groups in total. The summed E-state index contributed by atoms with van der Waals surface area (Å²) in [6.07, 6.45) is 3.03. The highest BCUT2D eigenvalue weighted by atomic mass is 35.5. The van der Waals surface area contributed by atoms with Crippen LogP contribution in [0.1, 0.15) is 21.7 Å². The highest BCUT2D eigenvalue weighted by molar-refractivity contribution is 6.30. The lowest BCUT2D eigenvalue weighted by atomic mass is 10.2. The van der Waals surface area contributed by atoms with Crippen molar-refractivity contribution in [3.63, 3.8) is 0 Å². The molecule has 0 aliphatic rings. The molecule has 5 heteroatoms. The van der Waals surface area contributed by atoms with Crippen molar-refractivity contribution in [2.24, 2.45) is 0 Å². The van der Waals surface area contributed by atoms with Crippen molar-refractivity contribution in [1.29, 1.82) is 0 Å². The molecule has 1 amide bonds. The van der Waals surface area contributed by atoms with E-state index >= 15 is 0 Å². The minimum absolute atomic E-state index is 0.238. The third-order valence-corrected chi connectivity index (χ3v) is 2.63. The quantitative estimate of drug-likeness (QED) is 0.923. The van der Waals surface area contributed by atoms with Crippen molar-refractivity contribution < 1.29 is 4.79 Å². The van der Waals surface area contributed by atoms with E-state index in [1.54, 1.807) is 18.3 Å². The molecule has 0 unspecified atom stereocenters. The lowest BCUT2D eigenvalue weighted by molar-refractivity contribution is 0.0945. The van der Waals surface area contributed by atoms with Gasteiger partial charge in [0, 0.05) is 17.8 Å². The van der Waals surface area contributed by atoms with Crippen molar-refractivity contribution in [3.8, 4) is 0 Å². The third-order valence-electron chi connectivity index (χ3n) is 2.38. The summed E-state index contributed by atoms with van der Waals surface area (Å²) in [4.78, 5) is 19.8. The number of benzene rings is 1. The molecule has 0 radical (unpaired) electrons. The average molecular weight is 262 g/mol. The summed E-state index contributed by atoms with van der Waals surface area (Å²) in [5.74, 6) is -0.238. The van der Waals surface area contributed by atoms with Gasteiger partial charge in [-0.25, -0.2) is 4.98 Å². The van der Waals surface area contributed by atoms with Gasteiger partial charge in [0.2, 0.25) is 0 Å². The average Bonchev–Trinajstić information content (AvgIpc) is 2.38. The van der Waals surface area contributed by atoms with Crippen molar-refractivity contribution in [2.75, 3.05) is 0 Å². The van der Waals surface area contributed by atoms with Crippen molar-refractivity contribution in [1.82, 2.24) is 15.3 Å². The molecule has 2 rings (SSSR count). The Balaban J connectivity index is 1.96. The van der Waals surface area contributed by atoms with E-state index in [1.165, 1.54) is 6.20 Å². The van der Waals surface area contributed by atoms with E-state index in [0.29, 0.717) is 17.3 Å². The molecule has 18 heavy (non-hydrogen) atoms. The van der Waals surface area contributed by atoms with Gasteiger partial charge in [0.25, 0.3) is 5.91 Å². The summed E-state index contributed by atoms with van der Waals surface area (Å²) >= 11 is 5.78. The van der Waals surface area contributed by atoms with Crippen LogP contribution in [0, 0.1) is 6.92 Å². The zero-order valence-corrected chi connectivity index (χ0v) is 10.6. The first-order valence-corrected chi connectivity index (χ1v) is 5.84. The standard InChI is InChI=1S/C13H12ClN3O/c1-9-6-16-12(8-15-9)13(18)17-7-10-2-4-11(14)5-3-10/h2-6,8H,7H2,1H3,(H,17,18). The molecule has 0 spiro atoms. The van der Waals surface area contributed by atoms with Gasteiger partial charge < -0.3 is 5.32 Å². The molecule has 2 aromatic rings. The fourth-order valence-corrected chi connectivity index (χ4v) is 1.51. The second kappa shape index (κ2) is 5.60. The first-order valence-electron chi connectivity index (χ1n) is 5.46. The zero-order chi connectivity index (χ0) is 13.0. The van der Waals surface area contributed by atoms with Gasteiger partial charge in [-0.2, -0.15) is 0 Å². The minimum Gasteiger partial charge on any atom is -0.347 e. The summed E-state index contributed by atoms with van der Waals surface area (Å²) in [5.41, 5.74) is 2.08. The van der Waals surface area contributed by atoms with Gasteiger partial charge in [-0.1, -0.05) is 23.7 Å². The highest BCUT2D eigenvalue weighted by Gasteiger charge is 2.06. The molecule has 0 bridgehead atoms. The number of aryl methyl sites for hydroxylation is 1. The van der Waals surface area contributed by atoms with Gasteiger partial charge in [-0.05, 0) is 24.6 Å². The van der Waals surface area contributed by atoms with Crippen LogP contribution in [0.3, 0.4) is 0 Å². The Hall–Kier alpha value is -1.94. The first-order chi connectivity index (χ1) is 8.65. The van der Waals surface area contributed by atoms with Crippen LogP contribution in [-0.4, -0.2) is 15.9 Å². The summed E-state index contributed by atoms with van der Waals surface area (Å²) in [5, 5.41) is 3.45. The van der Waals surface area contributed by atoms with Gasteiger partial charge in [-0.15, -0.1) is 0 Å². The van der Waals surface area contributed by atoms with Crippen molar-refractivity contribution in [3.05, 3.63) is 58.6 Å². The molecular weight excluding hydrogens is 250 g/mol. The number of nitrogens with one attached hydrogen (secondary N) is 1. The lowest BCUT2D eigenvalue weighted by Crippen LogP contribution is -2.23. The Kier molecular flexibility index (Phi) is 3.89. The number of rotatable bonds is 3. The maximum atomic E-state index is 11.8. The Labute approximate surface area is 110 Å². The van der Waals surface area contributed by atoms with E-state index in [-0.39, 0.29) is 5.91 Å². The fourth-order valence-electron chi connectivity index (χ4n) is 1.38. The molecule has 0 saturated carbocycles. The van der Waals surface area contributed by atoms with Crippen LogP contribution >= 0.6 is 11.6 Å². The SMILES string of the molecule is Cc1cnc(C(=O)NCc2ccc(Cl)cc2)cn1. The first kappa shape index (κ1) is 12.5. The predicted octanol–water partition coefficient (Wildman–Crippen LogP) is 2.37. The molecule has 92 valence electrons. The summed E-state index contributed by atoms with van der Waals surface area (Å²) in [7, 11) is 0. The Morgan fingerprint density at radius 3 is 2.56 bits per heavy atom. The van der Waals surface area contributed by atoms with E-state index in [4.69, 9.17) is 11.6 Å². The smallest absolute Gasteiger partial charge is 0.271 e. The number of nitrogens with zero attached hydrogens (tertiary/aromatic N) is 2. The summed E-state index contributed by atoms with van der Waals surface area (Å²) in [6.45, 7) is 2.26. The van der Waals surface area contributed by atoms with E-state index in [9.17, 15) is 4.79 Å². The largest absolute Gasteiger partial charge is 0.347 e. The molecule has 0 saturated heterocycles. The molecule has 0 aliphatic carbocycles. The van der Waals surface area contributed by atoms with Gasteiger partial charge in [0.05, 0.1) is 11.9 Å².